The van der Waals surface area contributed by atoms with E-state index in [1.54, 1.807) is 5.56 Å². The van der Waals surface area contributed by atoms with Gasteiger partial charge >= 0.3 is 0 Å². The highest BCUT2D eigenvalue weighted by Gasteiger charge is 2.51. The maximum atomic E-state index is 5.83. The number of aryl methyl sites for hydroxylation is 2. The lowest BCUT2D eigenvalue weighted by Crippen LogP contribution is -2.48. The summed E-state index contributed by atoms with van der Waals surface area (Å²) in [7, 11) is 0. The van der Waals surface area contributed by atoms with E-state index in [0.717, 1.165) is 43.6 Å². The minimum absolute atomic E-state index is 0.457. The van der Waals surface area contributed by atoms with E-state index >= 15 is 0 Å². The number of nitrogens with one attached hydrogen (secondary N) is 1. The largest absolute Gasteiger partial charge is 0.354 e. The maximum Gasteiger partial charge on any atom is 0.0497 e. The molecule has 0 aliphatic heterocycles. The van der Waals surface area contributed by atoms with Crippen molar-refractivity contribution in [2.45, 2.75) is 70.1 Å². The van der Waals surface area contributed by atoms with Crippen LogP contribution in [0.15, 0.2) is 42.5 Å². The number of unbranched alkanes of at least 4 members (excludes halogenated alkanes) is 1. The zero-order chi connectivity index (χ0) is 21.0. The third kappa shape index (κ3) is 3.35. The highest BCUT2D eigenvalue weighted by atomic mass is 14.7. The van der Waals surface area contributed by atoms with Crippen molar-refractivity contribution in [1.82, 2.24) is 4.98 Å². The van der Waals surface area contributed by atoms with Gasteiger partial charge in [0, 0.05) is 16.6 Å². The summed E-state index contributed by atoms with van der Waals surface area (Å²) in [6.45, 7) is 2.94. The van der Waals surface area contributed by atoms with Crippen LogP contribution in [0.3, 0.4) is 0 Å². The molecule has 3 aromatic rings. The molecule has 0 amide bonds. The average Bonchev–Trinajstić information content (AvgIpc) is 3.11. The quantitative estimate of drug-likeness (QED) is 0.425. The normalized spacial score (nSPS) is 29.2. The average molecular weight is 413 g/mol. The first-order valence-corrected chi connectivity index (χ1v) is 12.6. The van der Waals surface area contributed by atoms with Gasteiger partial charge in [-0.2, -0.15) is 0 Å². The first-order chi connectivity index (χ1) is 15.1. The molecule has 2 aromatic carbocycles. The number of benzene rings is 2. The molecule has 0 radical (unpaired) electrons. The van der Waals surface area contributed by atoms with E-state index in [2.05, 4.69) is 54.4 Å². The third-order valence-electron chi connectivity index (χ3n) is 8.78. The zero-order valence-electron chi connectivity index (χ0n) is 18.9. The number of H-pyrrole nitrogens is 1. The van der Waals surface area contributed by atoms with Crippen LogP contribution < -0.4 is 5.73 Å². The van der Waals surface area contributed by atoms with Gasteiger partial charge in [0.25, 0.3) is 0 Å². The minimum atomic E-state index is 0.457. The number of aromatic nitrogens is 1. The Labute approximate surface area is 186 Å². The van der Waals surface area contributed by atoms with Gasteiger partial charge in [-0.3, -0.25) is 0 Å². The molecule has 4 saturated carbocycles. The summed E-state index contributed by atoms with van der Waals surface area (Å²) in [5.74, 6) is 2.96. The number of hydrogen-bond donors (Lipinski definition) is 2. The Bertz CT molecular complexity index is 1050. The van der Waals surface area contributed by atoms with Crippen LogP contribution in [-0.2, 0) is 11.8 Å². The van der Waals surface area contributed by atoms with E-state index in [9.17, 15) is 0 Å². The highest BCUT2D eigenvalue weighted by molar-refractivity contribution is 5.91. The standard InChI is InChI=1S/C29H36N2/c1-19-5-7-23(8-6-19)28-25(4-2-3-11-30)26-15-24(9-10-27(26)31-28)29-16-20-12-21(17-29)14-22(13-20)18-29/h5-10,15,20-22,31H,2-4,11-14,16-18,30H2,1H3. The molecular weight excluding hydrogens is 376 g/mol. The summed E-state index contributed by atoms with van der Waals surface area (Å²) in [6, 6.07) is 16.4. The number of aromatic amines is 1. The van der Waals surface area contributed by atoms with Crippen LogP contribution in [0.4, 0.5) is 0 Å². The fraction of sp³-hybridized carbons (Fsp3) is 0.517. The summed E-state index contributed by atoms with van der Waals surface area (Å²) in [5.41, 5.74) is 14.7. The molecule has 4 fully saturated rings. The molecule has 31 heavy (non-hydrogen) atoms. The topological polar surface area (TPSA) is 41.8 Å². The monoisotopic (exact) mass is 412 g/mol. The molecule has 162 valence electrons. The molecule has 0 saturated heterocycles. The van der Waals surface area contributed by atoms with Gasteiger partial charge in [-0.15, -0.1) is 0 Å². The highest BCUT2D eigenvalue weighted by Crippen LogP contribution is 2.61. The Morgan fingerprint density at radius 3 is 2.23 bits per heavy atom. The van der Waals surface area contributed by atoms with E-state index < -0.39 is 0 Å². The van der Waals surface area contributed by atoms with Gasteiger partial charge in [0.1, 0.15) is 0 Å². The number of hydrogen-bond acceptors (Lipinski definition) is 1. The lowest BCUT2D eigenvalue weighted by atomic mass is 9.48. The van der Waals surface area contributed by atoms with Crippen LogP contribution in [0.1, 0.15) is 68.1 Å². The lowest BCUT2D eigenvalue weighted by molar-refractivity contribution is -0.00513. The van der Waals surface area contributed by atoms with Crippen LogP contribution in [0.5, 0.6) is 0 Å². The fourth-order valence-corrected chi connectivity index (χ4v) is 7.71. The summed E-state index contributed by atoms with van der Waals surface area (Å²) in [4.78, 5) is 3.80. The van der Waals surface area contributed by atoms with E-state index in [1.165, 1.54) is 71.8 Å². The molecule has 4 aliphatic rings. The Morgan fingerprint density at radius 1 is 0.903 bits per heavy atom. The van der Waals surface area contributed by atoms with Crippen LogP contribution in [0, 0.1) is 24.7 Å². The summed E-state index contributed by atoms with van der Waals surface area (Å²) < 4.78 is 0. The first-order valence-electron chi connectivity index (χ1n) is 12.6. The maximum absolute atomic E-state index is 5.83. The van der Waals surface area contributed by atoms with Crippen molar-refractivity contribution in [3.05, 3.63) is 59.2 Å². The van der Waals surface area contributed by atoms with Crippen LogP contribution >= 0.6 is 0 Å². The Balaban J connectivity index is 1.44. The Morgan fingerprint density at radius 2 is 1.58 bits per heavy atom. The molecule has 1 aromatic heterocycles. The van der Waals surface area contributed by atoms with Gasteiger partial charge in [0.15, 0.2) is 0 Å². The van der Waals surface area contributed by atoms with Crippen LogP contribution in [-0.4, -0.2) is 11.5 Å². The molecule has 3 N–H and O–H groups in total. The van der Waals surface area contributed by atoms with Crippen molar-refractivity contribution in [3.63, 3.8) is 0 Å². The minimum Gasteiger partial charge on any atom is -0.354 e. The van der Waals surface area contributed by atoms with E-state index in [4.69, 9.17) is 5.73 Å². The number of rotatable bonds is 6. The van der Waals surface area contributed by atoms with Gasteiger partial charge in [-0.25, -0.2) is 0 Å². The molecule has 4 aliphatic carbocycles. The third-order valence-corrected chi connectivity index (χ3v) is 8.78. The Hall–Kier alpha value is -2.06. The van der Waals surface area contributed by atoms with Crippen LogP contribution in [0.2, 0.25) is 0 Å². The summed E-state index contributed by atoms with van der Waals surface area (Å²) in [6.07, 6.45) is 12.2. The lowest BCUT2D eigenvalue weighted by Gasteiger charge is -2.57. The molecule has 0 atom stereocenters. The fourth-order valence-electron chi connectivity index (χ4n) is 7.71. The van der Waals surface area contributed by atoms with Gasteiger partial charge in [0.2, 0.25) is 0 Å². The molecule has 0 spiro atoms. The van der Waals surface area contributed by atoms with E-state index in [1.807, 2.05) is 0 Å². The molecule has 1 heterocycles. The molecule has 2 heteroatoms. The molecular formula is C29H36N2. The molecule has 7 rings (SSSR count). The molecule has 2 nitrogen and oxygen atoms in total. The van der Waals surface area contributed by atoms with Crippen molar-refractivity contribution < 1.29 is 0 Å². The van der Waals surface area contributed by atoms with Crippen molar-refractivity contribution in [2.75, 3.05) is 6.54 Å². The Kier molecular flexibility index (Phi) is 4.76. The van der Waals surface area contributed by atoms with Crippen LogP contribution in [0.25, 0.3) is 22.2 Å². The van der Waals surface area contributed by atoms with Gasteiger partial charge < -0.3 is 10.7 Å². The molecule has 4 bridgehead atoms. The summed E-state index contributed by atoms with van der Waals surface area (Å²) >= 11 is 0. The van der Waals surface area contributed by atoms with E-state index in [-0.39, 0.29) is 0 Å². The second-order valence-electron chi connectivity index (χ2n) is 11.0. The van der Waals surface area contributed by atoms with Gasteiger partial charge in [0.05, 0.1) is 0 Å². The summed E-state index contributed by atoms with van der Waals surface area (Å²) in [5, 5.41) is 1.46. The van der Waals surface area contributed by atoms with Crippen molar-refractivity contribution in [2.24, 2.45) is 23.5 Å². The van der Waals surface area contributed by atoms with E-state index in [0.29, 0.717) is 5.41 Å². The molecule has 0 unspecified atom stereocenters. The SMILES string of the molecule is Cc1ccc(-c2[nH]c3ccc(C45CC6CC(CC(C6)C4)C5)cc3c2CCCCN)cc1. The van der Waals surface area contributed by atoms with Gasteiger partial charge in [-0.05, 0) is 123 Å². The van der Waals surface area contributed by atoms with Crippen molar-refractivity contribution in [1.29, 1.82) is 0 Å². The predicted octanol–water partition coefficient (Wildman–Crippen LogP) is 6.89. The predicted molar refractivity (Wildman–Crippen MR) is 130 cm³/mol. The number of nitrogens with two attached hydrogens (primary N) is 1. The second kappa shape index (κ2) is 7.52. The zero-order valence-corrected chi connectivity index (χ0v) is 18.9. The van der Waals surface area contributed by atoms with Crippen molar-refractivity contribution in [3.8, 4) is 11.3 Å². The van der Waals surface area contributed by atoms with Crippen molar-refractivity contribution >= 4 is 10.9 Å². The number of fused-ring (bicyclic) bond motifs is 1. The van der Waals surface area contributed by atoms with Gasteiger partial charge in [-0.1, -0.05) is 35.9 Å². The smallest absolute Gasteiger partial charge is 0.0497 e. The second-order valence-corrected chi connectivity index (χ2v) is 11.0. The first kappa shape index (κ1) is 19.6.